The zero-order valence-electron chi connectivity index (χ0n) is 22.2. The van der Waals surface area contributed by atoms with Gasteiger partial charge >= 0.3 is 11.9 Å². The highest BCUT2D eigenvalue weighted by atomic mass is 32.2. The summed E-state index contributed by atoms with van der Waals surface area (Å²) in [6.07, 6.45) is 23.7. The molecule has 35 heavy (non-hydrogen) atoms. The largest absolute Gasteiger partial charge is 0.466 e. The minimum atomic E-state index is -4.77. The van der Waals surface area contributed by atoms with Crippen molar-refractivity contribution in [2.75, 3.05) is 6.61 Å². The summed E-state index contributed by atoms with van der Waals surface area (Å²) in [5.74, 6) is -2.05. The van der Waals surface area contributed by atoms with Crippen LogP contribution in [0, 0.1) is 0 Å². The van der Waals surface area contributed by atoms with Crippen molar-refractivity contribution < 1.29 is 32.0 Å². The van der Waals surface area contributed by atoms with Crippen LogP contribution >= 0.6 is 0 Å². The summed E-state index contributed by atoms with van der Waals surface area (Å²) in [7, 11) is -4.77. The lowest BCUT2D eigenvalue weighted by atomic mass is 10.0. The molecular formula is C27H50O7S. The molecule has 0 bridgehead atoms. The third-order valence-electron chi connectivity index (χ3n) is 6.00. The minimum absolute atomic E-state index is 0.167. The second-order valence-corrected chi connectivity index (χ2v) is 10.9. The Morgan fingerprint density at radius 2 is 1.17 bits per heavy atom. The summed E-state index contributed by atoms with van der Waals surface area (Å²) in [4.78, 5) is 23.7. The molecule has 7 nitrogen and oxygen atoms in total. The fraction of sp³-hybridized carbons (Fsp3) is 0.852. The monoisotopic (exact) mass is 518 g/mol. The summed E-state index contributed by atoms with van der Waals surface area (Å²) in [6.45, 7) is 4.23. The molecule has 0 spiro atoms. The molecule has 1 N–H and O–H groups in total. The van der Waals surface area contributed by atoms with Crippen LogP contribution in [0.4, 0.5) is 0 Å². The molecule has 0 aliphatic heterocycles. The van der Waals surface area contributed by atoms with E-state index < -0.39 is 33.7 Å². The molecular weight excluding hydrogens is 468 g/mol. The van der Waals surface area contributed by atoms with Crippen molar-refractivity contribution in [2.24, 2.45) is 0 Å². The molecule has 0 saturated heterocycles. The predicted molar refractivity (Wildman–Crippen MR) is 141 cm³/mol. The van der Waals surface area contributed by atoms with Gasteiger partial charge in [0.25, 0.3) is 10.1 Å². The van der Waals surface area contributed by atoms with Crippen molar-refractivity contribution in [2.45, 2.75) is 141 Å². The van der Waals surface area contributed by atoms with E-state index in [2.05, 4.69) is 11.7 Å². The van der Waals surface area contributed by atoms with Crippen LogP contribution in [0.1, 0.15) is 136 Å². The lowest BCUT2D eigenvalue weighted by Crippen LogP contribution is -2.33. The zero-order chi connectivity index (χ0) is 26.2. The highest BCUT2D eigenvalue weighted by Gasteiger charge is 2.35. The van der Waals surface area contributed by atoms with Gasteiger partial charge in [-0.2, -0.15) is 8.42 Å². The van der Waals surface area contributed by atoms with E-state index in [0.717, 1.165) is 25.5 Å². The molecule has 0 saturated carbocycles. The van der Waals surface area contributed by atoms with Gasteiger partial charge in [-0.25, -0.2) is 0 Å². The number of esters is 2. The Balaban J connectivity index is 3.65. The Hall–Kier alpha value is -1.41. The van der Waals surface area contributed by atoms with Gasteiger partial charge in [0, 0.05) is 0 Å². The van der Waals surface area contributed by atoms with Crippen molar-refractivity contribution >= 4 is 22.1 Å². The standard InChI is InChI=1S/C27H50O7S/c1-3-5-7-8-9-10-11-12-13-14-15-16-17-18-19-20-21-23-33-26(28)24-25(35(30,31)32)27(29)34-22-6-4-2/h6,22,25H,3-5,7-21,23-24H2,1-2H3,(H,30,31,32)/b22-6+. The number of allylic oxidation sites excluding steroid dienone is 1. The molecule has 206 valence electrons. The van der Waals surface area contributed by atoms with E-state index in [1.54, 1.807) is 6.92 Å². The van der Waals surface area contributed by atoms with E-state index in [-0.39, 0.29) is 6.61 Å². The second-order valence-electron chi connectivity index (χ2n) is 9.30. The summed E-state index contributed by atoms with van der Waals surface area (Å²) < 4.78 is 41.7. The molecule has 0 aliphatic rings. The first-order valence-corrected chi connectivity index (χ1v) is 15.3. The normalized spacial score (nSPS) is 12.7. The number of hydrogen-bond donors (Lipinski definition) is 1. The number of carbonyl (C=O) groups is 2. The van der Waals surface area contributed by atoms with E-state index in [0.29, 0.717) is 12.8 Å². The van der Waals surface area contributed by atoms with E-state index in [1.807, 2.05) is 0 Å². The fourth-order valence-corrected chi connectivity index (χ4v) is 4.47. The van der Waals surface area contributed by atoms with Crippen molar-refractivity contribution in [3.05, 3.63) is 12.3 Å². The third-order valence-corrected chi connectivity index (χ3v) is 7.08. The van der Waals surface area contributed by atoms with Crippen LogP contribution in [0.25, 0.3) is 0 Å². The topological polar surface area (TPSA) is 107 Å². The van der Waals surface area contributed by atoms with Crippen LogP contribution in [-0.4, -0.2) is 36.8 Å². The van der Waals surface area contributed by atoms with Crippen LogP contribution in [0.15, 0.2) is 12.3 Å². The molecule has 0 fully saturated rings. The molecule has 0 heterocycles. The fourth-order valence-electron chi connectivity index (χ4n) is 3.82. The van der Waals surface area contributed by atoms with Crippen molar-refractivity contribution in [3.63, 3.8) is 0 Å². The van der Waals surface area contributed by atoms with Gasteiger partial charge in [-0.3, -0.25) is 14.1 Å². The van der Waals surface area contributed by atoms with Gasteiger partial charge in [-0.1, -0.05) is 117 Å². The second kappa shape index (κ2) is 23.0. The van der Waals surface area contributed by atoms with Gasteiger partial charge in [0.2, 0.25) is 0 Å². The highest BCUT2D eigenvalue weighted by molar-refractivity contribution is 7.87. The summed E-state index contributed by atoms with van der Waals surface area (Å²) in [6, 6.07) is 0. The number of unbranched alkanes of at least 4 members (excludes halogenated alkanes) is 16. The Morgan fingerprint density at radius 3 is 1.57 bits per heavy atom. The smallest absolute Gasteiger partial charge is 0.332 e. The van der Waals surface area contributed by atoms with Crippen LogP contribution in [0.3, 0.4) is 0 Å². The molecule has 8 heteroatoms. The maximum atomic E-state index is 11.9. The van der Waals surface area contributed by atoms with Crippen LogP contribution in [-0.2, 0) is 29.2 Å². The predicted octanol–water partition coefficient (Wildman–Crippen LogP) is 7.29. The number of rotatable bonds is 24. The average Bonchev–Trinajstić information content (AvgIpc) is 2.81. The van der Waals surface area contributed by atoms with Crippen LogP contribution in [0.2, 0.25) is 0 Å². The summed E-state index contributed by atoms with van der Waals surface area (Å²) in [5.41, 5.74) is 0. The van der Waals surface area contributed by atoms with Crippen LogP contribution in [0.5, 0.6) is 0 Å². The van der Waals surface area contributed by atoms with E-state index in [1.165, 1.54) is 89.5 Å². The molecule has 0 aromatic heterocycles. The highest BCUT2D eigenvalue weighted by Crippen LogP contribution is 2.14. The lowest BCUT2D eigenvalue weighted by molar-refractivity contribution is -0.147. The quantitative estimate of drug-likeness (QED) is 0.0618. The molecule has 0 rings (SSSR count). The first-order valence-electron chi connectivity index (χ1n) is 13.8. The van der Waals surface area contributed by atoms with Gasteiger partial charge < -0.3 is 9.47 Å². The Morgan fingerprint density at radius 1 is 0.743 bits per heavy atom. The Bertz CT molecular complexity index is 658. The average molecular weight is 519 g/mol. The number of hydrogen-bond acceptors (Lipinski definition) is 6. The van der Waals surface area contributed by atoms with Gasteiger partial charge in [-0.05, 0) is 18.9 Å². The minimum Gasteiger partial charge on any atom is -0.466 e. The lowest BCUT2D eigenvalue weighted by Gasteiger charge is -2.11. The Kier molecular flexibility index (Phi) is 22.1. The van der Waals surface area contributed by atoms with Gasteiger partial charge in [-0.15, -0.1) is 0 Å². The van der Waals surface area contributed by atoms with Crippen molar-refractivity contribution in [1.82, 2.24) is 0 Å². The first-order chi connectivity index (χ1) is 16.8. The first kappa shape index (κ1) is 33.6. The SMILES string of the molecule is CC/C=C/OC(=O)C(CC(=O)OCCCCCCCCCCCCCCCCCCC)S(=O)(=O)O. The van der Waals surface area contributed by atoms with Gasteiger partial charge in [0.05, 0.1) is 19.3 Å². The maximum Gasteiger partial charge on any atom is 0.332 e. The van der Waals surface area contributed by atoms with Crippen LogP contribution < -0.4 is 0 Å². The van der Waals surface area contributed by atoms with E-state index in [4.69, 9.17) is 4.74 Å². The molecule has 0 amide bonds. The molecule has 0 radical (unpaired) electrons. The third kappa shape index (κ3) is 21.6. The number of carbonyl (C=O) groups excluding carboxylic acids is 2. The summed E-state index contributed by atoms with van der Waals surface area (Å²) >= 11 is 0. The molecule has 0 aromatic rings. The molecule has 0 aliphatic carbocycles. The zero-order valence-corrected chi connectivity index (χ0v) is 23.0. The van der Waals surface area contributed by atoms with E-state index in [9.17, 15) is 22.6 Å². The Labute approximate surface area is 214 Å². The molecule has 1 unspecified atom stereocenters. The maximum absolute atomic E-state index is 11.9. The van der Waals surface area contributed by atoms with E-state index >= 15 is 0 Å². The molecule has 0 aromatic carbocycles. The number of ether oxygens (including phenoxy) is 2. The van der Waals surface area contributed by atoms with Crippen molar-refractivity contribution in [3.8, 4) is 0 Å². The van der Waals surface area contributed by atoms with Crippen molar-refractivity contribution in [1.29, 1.82) is 0 Å². The molecule has 1 atom stereocenters. The van der Waals surface area contributed by atoms with Gasteiger partial charge in [0.1, 0.15) is 0 Å². The van der Waals surface area contributed by atoms with Gasteiger partial charge in [0.15, 0.2) is 5.25 Å². The summed E-state index contributed by atoms with van der Waals surface area (Å²) in [5, 5.41) is -1.98.